The molecular formula is C11H12F3NO. The summed E-state index contributed by atoms with van der Waals surface area (Å²) in [6.07, 6.45) is -3.74. The van der Waals surface area contributed by atoms with E-state index >= 15 is 0 Å². The lowest BCUT2D eigenvalue weighted by molar-refractivity contribution is -0.274. The van der Waals surface area contributed by atoms with E-state index in [-0.39, 0.29) is 5.75 Å². The van der Waals surface area contributed by atoms with Crippen LogP contribution in [0.2, 0.25) is 0 Å². The highest BCUT2D eigenvalue weighted by molar-refractivity contribution is 5.37. The fraction of sp³-hybridized carbons (Fsp3) is 0.455. The summed E-state index contributed by atoms with van der Waals surface area (Å²) < 4.78 is 39.9. The number of ether oxygens (including phenoxy) is 1. The summed E-state index contributed by atoms with van der Waals surface area (Å²) in [5.74, 6) is -0.137. The minimum atomic E-state index is -4.62. The second-order valence-corrected chi connectivity index (χ2v) is 3.97. The molecule has 0 N–H and O–H groups in total. The summed E-state index contributed by atoms with van der Waals surface area (Å²) >= 11 is 0. The van der Waals surface area contributed by atoms with E-state index in [1.165, 1.54) is 12.1 Å². The van der Waals surface area contributed by atoms with Gasteiger partial charge in [-0.25, -0.2) is 0 Å². The second-order valence-electron chi connectivity index (χ2n) is 3.97. The molecule has 1 aromatic rings. The molecular weight excluding hydrogens is 219 g/mol. The largest absolute Gasteiger partial charge is 0.573 e. The third-order valence-corrected chi connectivity index (χ3v) is 2.61. The summed E-state index contributed by atoms with van der Waals surface area (Å²) in [7, 11) is 1.94. The van der Waals surface area contributed by atoms with Crippen molar-refractivity contribution in [2.24, 2.45) is 0 Å². The molecule has 1 aliphatic rings. The molecule has 0 aromatic heterocycles. The van der Waals surface area contributed by atoms with Crippen LogP contribution in [0, 0.1) is 0 Å². The van der Waals surface area contributed by atoms with Gasteiger partial charge in [-0.3, -0.25) is 0 Å². The Balaban J connectivity index is 2.21. The van der Waals surface area contributed by atoms with Gasteiger partial charge >= 0.3 is 6.36 Å². The average molecular weight is 231 g/mol. The van der Waals surface area contributed by atoms with Crippen molar-refractivity contribution >= 4 is 0 Å². The van der Waals surface area contributed by atoms with Crippen LogP contribution in [0.25, 0.3) is 0 Å². The maximum absolute atomic E-state index is 12.0. The molecule has 2 rings (SSSR count). The Hall–Kier alpha value is -1.23. The standard InChI is InChI=1S/C11H12F3NO/c1-15-5-4-8-2-3-10(6-9(8)7-15)16-11(12,13)14/h2-3,6H,4-5,7H2,1H3. The summed E-state index contributed by atoms with van der Waals surface area (Å²) in [5, 5.41) is 0. The molecule has 5 heteroatoms. The molecule has 2 nitrogen and oxygen atoms in total. The van der Waals surface area contributed by atoms with Crippen LogP contribution in [-0.2, 0) is 13.0 Å². The molecule has 0 atom stereocenters. The van der Waals surface area contributed by atoms with Crippen LogP contribution in [0.3, 0.4) is 0 Å². The van der Waals surface area contributed by atoms with E-state index in [9.17, 15) is 13.2 Å². The molecule has 0 spiro atoms. The van der Waals surface area contributed by atoms with Gasteiger partial charge in [0.15, 0.2) is 0 Å². The maximum atomic E-state index is 12.0. The van der Waals surface area contributed by atoms with Crippen molar-refractivity contribution in [1.29, 1.82) is 0 Å². The normalized spacial score (nSPS) is 17.0. The first-order valence-electron chi connectivity index (χ1n) is 5.00. The van der Waals surface area contributed by atoms with Gasteiger partial charge < -0.3 is 9.64 Å². The monoisotopic (exact) mass is 231 g/mol. The number of likely N-dealkylation sites (N-methyl/N-ethyl adjacent to an activating group) is 1. The molecule has 0 radical (unpaired) electrons. The van der Waals surface area contributed by atoms with Gasteiger partial charge in [-0.1, -0.05) is 6.07 Å². The minimum absolute atomic E-state index is 0.137. The molecule has 1 aromatic carbocycles. The third-order valence-electron chi connectivity index (χ3n) is 2.61. The van der Waals surface area contributed by atoms with Crippen LogP contribution >= 0.6 is 0 Å². The van der Waals surface area contributed by atoms with Crippen molar-refractivity contribution in [1.82, 2.24) is 4.90 Å². The first kappa shape index (κ1) is 11.3. The van der Waals surface area contributed by atoms with Crippen LogP contribution in [0.15, 0.2) is 18.2 Å². The first-order valence-corrected chi connectivity index (χ1v) is 5.00. The van der Waals surface area contributed by atoms with Crippen molar-refractivity contribution in [2.45, 2.75) is 19.3 Å². The van der Waals surface area contributed by atoms with Crippen molar-refractivity contribution in [3.05, 3.63) is 29.3 Å². The quantitative estimate of drug-likeness (QED) is 0.736. The maximum Gasteiger partial charge on any atom is 0.573 e. The lowest BCUT2D eigenvalue weighted by atomic mass is 10.00. The van der Waals surface area contributed by atoms with Gasteiger partial charge in [-0.15, -0.1) is 13.2 Å². The lowest BCUT2D eigenvalue weighted by Gasteiger charge is -2.25. The van der Waals surface area contributed by atoms with E-state index in [0.717, 1.165) is 24.1 Å². The van der Waals surface area contributed by atoms with Crippen molar-refractivity contribution in [3.63, 3.8) is 0 Å². The van der Waals surface area contributed by atoms with Crippen LogP contribution < -0.4 is 4.74 Å². The highest BCUT2D eigenvalue weighted by Gasteiger charge is 2.31. The summed E-state index contributed by atoms with van der Waals surface area (Å²) in [6, 6.07) is 4.56. The molecule has 0 fully saturated rings. The summed E-state index contributed by atoms with van der Waals surface area (Å²) in [4.78, 5) is 2.07. The van der Waals surface area contributed by atoms with E-state index in [4.69, 9.17) is 0 Å². The molecule has 0 saturated heterocycles. The number of nitrogens with zero attached hydrogens (tertiary/aromatic N) is 1. The van der Waals surface area contributed by atoms with Gasteiger partial charge in [0.2, 0.25) is 0 Å². The fourth-order valence-electron chi connectivity index (χ4n) is 1.87. The molecule has 0 unspecified atom stereocenters. The average Bonchev–Trinajstić information content (AvgIpc) is 2.14. The molecule has 1 aliphatic heterocycles. The Kier molecular flexibility index (Phi) is 2.80. The highest BCUT2D eigenvalue weighted by Crippen LogP contribution is 2.27. The van der Waals surface area contributed by atoms with Gasteiger partial charge in [0.1, 0.15) is 5.75 Å². The number of hydrogen-bond donors (Lipinski definition) is 0. The molecule has 0 amide bonds. The molecule has 88 valence electrons. The van der Waals surface area contributed by atoms with E-state index < -0.39 is 6.36 Å². The van der Waals surface area contributed by atoms with Crippen molar-refractivity contribution in [3.8, 4) is 5.75 Å². The highest BCUT2D eigenvalue weighted by atomic mass is 19.4. The minimum Gasteiger partial charge on any atom is -0.406 e. The SMILES string of the molecule is CN1CCc2ccc(OC(F)(F)F)cc2C1. The number of alkyl halides is 3. The number of rotatable bonds is 1. The molecule has 0 saturated carbocycles. The Morgan fingerprint density at radius 3 is 2.69 bits per heavy atom. The molecule has 0 bridgehead atoms. The number of fused-ring (bicyclic) bond motifs is 1. The molecule has 0 aliphatic carbocycles. The predicted octanol–water partition coefficient (Wildman–Crippen LogP) is 2.57. The fourth-order valence-corrected chi connectivity index (χ4v) is 1.87. The van der Waals surface area contributed by atoms with E-state index in [1.807, 2.05) is 7.05 Å². The zero-order valence-corrected chi connectivity index (χ0v) is 8.84. The Bertz CT molecular complexity index is 389. The summed E-state index contributed by atoms with van der Waals surface area (Å²) in [5.41, 5.74) is 2.02. The zero-order valence-electron chi connectivity index (χ0n) is 8.84. The van der Waals surface area contributed by atoms with E-state index in [2.05, 4.69) is 9.64 Å². The zero-order chi connectivity index (χ0) is 11.8. The van der Waals surface area contributed by atoms with Crippen LogP contribution in [0.1, 0.15) is 11.1 Å². The second kappa shape index (κ2) is 3.97. The third kappa shape index (κ3) is 2.66. The number of halogens is 3. The lowest BCUT2D eigenvalue weighted by Crippen LogP contribution is -2.26. The number of benzene rings is 1. The van der Waals surface area contributed by atoms with Crippen LogP contribution in [0.5, 0.6) is 5.75 Å². The van der Waals surface area contributed by atoms with Gasteiger partial charge in [-0.2, -0.15) is 0 Å². The topological polar surface area (TPSA) is 12.5 Å². The van der Waals surface area contributed by atoms with Gasteiger partial charge in [0.05, 0.1) is 0 Å². The summed E-state index contributed by atoms with van der Waals surface area (Å²) in [6.45, 7) is 1.61. The first-order chi connectivity index (χ1) is 7.44. The predicted molar refractivity (Wildman–Crippen MR) is 53.2 cm³/mol. The van der Waals surface area contributed by atoms with Crippen molar-refractivity contribution < 1.29 is 17.9 Å². The smallest absolute Gasteiger partial charge is 0.406 e. The Labute approximate surface area is 91.6 Å². The van der Waals surface area contributed by atoms with Crippen LogP contribution in [-0.4, -0.2) is 24.9 Å². The van der Waals surface area contributed by atoms with E-state index in [1.54, 1.807) is 6.07 Å². The molecule has 1 heterocycles. The van der Waals surface area contributed by atoms with Gasteiger partial charge in [0, 0.05) is 13.1 Å². The molecule has 16 heavy (non-hydrogen) atoms. The van der Waals surface area contributed by atoms with Gasteiger partial charge in [0.25, 0.3) is 0 Å². The van der Waals surface area contributed by atoms with Gasteiger partial charge in [-0.05, 0) is 36.7 Å². The van der Waals surface area contributed by atoms with E-state index in [0.29, 0.717) is 6.54 Å². The van der Waals surface area contributed by atoms with Crippen molar-refractivity contribution in [2.75, 3.05) is 13.6 Å². The Morgan fingerprint density at radius 1 is 1.25 bits per heavy atom. The Morgan fingerprint density at radius 2 is 2.00 bits per heavy atom. The van der Waals surface area contributed by atoms with Crippen LogP contribution in [0.4, 0.5) is 13.2 Å². The number of hydrogen-bond acceptors (Lipinski definition) is 2.